The number of hydrogen-bond donors (Lipinski definition) is 1. The van der Waals surface area contributed by atoms with Gasteiger partial charge in [-0.2, -0.15) is 0 Å². The summed E-state index contributed by atoms with van der Waals surface area (Å²) in [6.45, 7) is 3.93. The molecular weight excluding hydrogens is 164 g/mol. The maximum absolute atomic E-state index is 5.96. The second-order valence-electron chi connectivity index (χ2n) is 3.81. The third-order valence-electron chi connectivity index (χ3n) is 2.11. The summed E-state index contributed by atoms with van der Waals surface area (Å²) in [5.74, 6) is 0. The highest BCUT2D eigenvalue weighted by atomic mass is 16.5. The lowest BCUT2D eigenvalue weighted by Gasteiger charge is -2.18. The van der Waals surface area contributed by atoms with Crippen molar-refractivity contribution in [2.24, 2.45) is 5.73 Å². The Morgan fingerprint density at radius 1 is 1.38 bits per heavy atom. The Labute approximate surface area is 76.5 Å². The lowest BCUT2D eigenvalue weighted by molar-refractivity contribution is 0.428. The molecule has 3 heteroatoms. The van der Waals surface area contributed by atoms with Gasteiger partial charge in [0.15, 0.2) is 0 Å². The van der Waals surface area contributed by atoms with E-state index in [4.69, 9.17) is 10.3 Å². The van der Waals surface area contributed by atoms with Crippen molar-refractivity contribution in [2.75, 3.05) is 0 Å². The Kier molecular flexibility index (Phi) is 1.63. The zero-order valence-corrected chi connectivity index (χ0v) is 7.74. The van der Waals surface area contributed by atoms with Gasteiger partial charge in [0.1, 0.15) is 11.8 Å². The molecule has 0 saturated carbocycles. The number of aromatic nitrogens is 1. The summed E-state index contributed by atoms with van der Waals surface area (Å²) in [5, 5.41) is 4.87. The molecule has 1 aromatic carbocycles. The van der Waals surface area contributed by atoms with Gasteiger partial charge in [0.05, 0.1) is 0 Å². The predicted octanol–water partition coefficient (Wildman–Crippen LogP) is 2.02. The molecule has 1 heterocycles. The number of fused-ring (bicyclic) bond motifs is 1. The lowest BCUT2D eigenvalue weighted by atomic mass is 9.95. The van der Waals surface area contributed by atoms with Crippen molar-refractivity contribution in [3.63, 3.8) is 0 Å². The van der Waals surface area contributed by atoms with Crippen LogP contribution in [0.5, 0.6) is 0 Å². The third kappa shape index (κ3) is 1.42. The summed E-state index contributed by atoms with van der Waals surface area (Å²) in [6, 6.07) is 5.92. The quantitative estimate of drug-likeness (QED) is 0.723. The molecule has 0 aliphatic carbocycles. The Hall–Kier alpha value is -1.35. The highest BCUT2D eigenvalue weighted by Gasteiger charge is 2.14. The first kappa shape index (κ1) is 8.26. The average Bonchev–Trinajstić information content (AvgIpc) is 2.47. The van der Waals surface area contributed by atoms with E-state index >= 15 is 0 Å². The molecule has 0 amide bonds. The van der Waals surface area contributed by atoms with Crippen LogP contribution in [0.2, 0.25) is 0 Å². The first-order chi connectivity index (χ1) is 6.07. The molecule has 0 spiro atoms. The Bertz CT molecular complexity index is 426. The van der Waals surface area contributed by atoms with Crippen molar-refractivity contribution in [2.45, 2.75) is 19.4 Å². The molecule has 68 valence electrons. The van der Waals surface area contributed by atoms with E-state index in [1.165, 1.54) is 0 Å². The van der Waals surface area contributed by atoms with Crippen LogP contribution in [-0.2, 0) is 5.54 Å². The largest absolute Gasteiger partial charge is 0.364 e. The summed E-state index contributed by atoms with van der Waals surface area (Å²) in [6.07, 6.45) is 1.63. The van der Waals surface area contributed by atoms with Crippen molar-refractivity contribution in [3.05, 3.63) is 30.0 Å². The summed E-state index contributed by atoms with van der Waals surface area (Å²) in [5.41, 5.74) is 7.55. The number of nitrogens with zero attached hydrogens (tertiary/aromatic N) is 1. The fourth-order valence-corrected chi connectivity index (χ4v) is 1.26. The van der Waals surface area contributed by atoms with Gasteiger partial charge < -0.3 is 10.3 Å². The van der Waals surface area contributed by atoms with Gasteiger partial charge >= 0.3 is 0 Å². The average molecular weight is 176 g/mol. The molecule has 0 atom stereocenters. The van der Waals surface area contributed by atoms with E-state index in [-0.39, 0.29) is 5.54 Å². The van der Waals surface area contributed by atoms with Crippen LogP contribution in [0, 0.1) is 0 Å². The van der Waals surface area contributed by atoms with E-state index in [9.17, 15) is 0 Å². The van der Waals surface area contributed by atoms with Crippen LogP contribution in [-0.4, -0.2) is 5.16 Å². The molecule has 2 N–H and O–H groups in total. The van der Waals surface area contributed by atoms with E-state index in [0.29, 0.717) is 0 Å². The van der Waals surface area contributed by atoms with Gasteiger partial charge in [-0.15, -0.1) is 0 Å². The van der Waals surface area contributed by atoms with Crippen LogP contribution in [0.3, 0.4) is 0 Å². The van der Waals surface area contributed by atoms with Gasteiger partial charge in [0.25, 0.3) is 0 Å². The zero-order chi connectivity index (χ0) is 9.47. The number of rotatable bonds is 1. The molecule has 0 saturated heterocycles. The molecule has 0 radical (unpaired) electrons. The van der Waals surface area contributed by atoms with Crippen LogP contribution < -0.4 is 5.73 Å². The third-order valence-corrected chi connectivity index (χ3v) is 2.11. The van der Waals surface area contributed by atoms with Gasteiger partial charge in [-0.1, -0.05) is 11.2 Å². The van der Waals surface area contributed by atoms with E-state index < -0.39 is 0 Å². The van der Waals surface area contributed by atoms with E-state index in [1.54, 1.807) is 6.26 Å². The van der Waals surface area contributed by atoms with E-state index in [2.05, 4.69) is 5.16 Å². The molecule has 0 unspecified atom stereocenters. The molecule has 0 aliphatic heterocycles. The maximum atomic E-state index is 5.96. The van der Waals surface area contributed by atoms with Gasteiger partial charge in [0, 0.05) is 10.9 Å². The lowest BCUT2D eigenvalue weighted by Crippen LogP contribution is -2.28. The van der Waals surface area contributed by atoms with Crippen LogP contribution >= 0.6 is 0 Å². The van der Waals surface area contributed by atoms with Crippen molar-refractivity contribution in [3.8, 4) is 0 Å². The smallest absolute Gasteiger partial charge is 0.131 e. The number of nitrogens with two attached hydrogens (primary N) is 1. The van der Waals surface area contributed by atoms with Crippen molar-refractivity contribution in [1.29, 1.82) is 0 Å². The van der Waals surface area contributed by atoms with E-state index in [0.717, 1.165) is 16.5 Å². The molecular formula is C10H12N2O. The van der Waals surface area contributed by atoms with Crippen molar-refractivity contribution < 1.29 is 4.52 Å². The Morgan fingerprint density at radius 2 is 2.15 bits per heavy atom. The molecule has 0 aliphatic rings. The van der Waals surface area contributed by atoms with Crippen LogP contribution in [0.4, 0.5) is 0 Å². The van der Waals surface area contributed by atoms with Crippen LogP contribution in [0.15, 0.2) is 29.0 Å². The SMILES string of the molecule is CC(C)(N)c1ccc2conc2c1. The van der Waals surface area contributed by atoms with E-state index in [1.807, 2.05) is 32.0 Å². The van der Waals surface area contributed by atoms with Gasteiger partial charge in [-0.05, 0) is 31.5 Å². The number of hydrogen-bond acceptors (Lipinski definition) is 3. The molecule has 0 fully saturated rings. The summed E-state index contributed by atoms with van der Waals surface area (Å²) >= 11 is 0. The highest BCUT2D eigenvalue weighted by Crippen LogP contribution is 2.21. The minimum atomic E-state index is -0.326. The van der Waals surface area contributed by atoms with Crippen molar-refractivity contribution >= 4 is 10.9 Å². The van der Waals surface area contributed by atoms with Gasteiger partial charge in [0.2, 0.25) is 0 Å². The fourth-order valence-electron chi connectivity index (χ4n) is 1.26. The second kappa shape index (κ2) is 2.57. The molecule has 2 rings (SSSR count). The second-order valence-corrected chi connectivity index (χ2v) is 3.81. The molecule has 2 aromatic rings. The van der Waals surface area contributed by atoms with Crippen LogP contribution in [0.1, 0.15) is 19.4 Å². The highest BCUT2D eigenvalue weighted by molar-refractivity contribution is 5.77. The zero-order valence-electron chi connectivity index (χ0n) is 7.74. The summed E-state index contributed by atoms with van der Waals surface area (Å²) in [4.78, 5) is 0. The first-order valence-electron chi connectivity index (χ1n) is 4.21. The minimum absolute atomic E-state index is 0.326. The van der Waals surface area contributed by atoms with Crippen LogP contribution in [0.25, 0.3) is 10.9 Å². The molecule has 1 aromatic heterocycles. The minimum Gasteiger partial charge on any atom is -0.364 e. The predicted molar refractivity (Wildman–Crippen MR) is 51.2 cm³/mol. The molecule has 13 heavy (non-hydrogen) atoms. The Morgan fingerprint density at radius 3 is 2.85 bits per heavy atom. The van der Waals surface area contributed by atoms with Crippen molar-refractivity contribution in [1.82, 2.24) is 5.16 Å². The first-order valence-corrected chi connectivity index (χ1v) is 4.21. The standard InChI is InChI=1S/C10H12N2O/c1-10(2,11)8-4-3-7-6-13-12-9(7)5-8/h3-6H,11H2,1-2H3. The summed E-state index contributed by atoms with van der Waals surface area (Å²) in [7, 11) is 0. The molecule has 3 nitrogen and oxygen atoms in total. The topological polar surface area (TPSA) is 52.0 Å². The molecule has 0 bridgehead atoms. The fraction of sp³-hybridized carbons (Fsp3) is 0.300. The monoisotopic (exact) mass is 176 g/mol. The number of benzene rings is 1. The van der Waals surface area contributed by atoms with Gasteiger partial charge in [-0.3, -0.25) is 0 Å². The van der Waals surface area contributed by atoms with Gasteiger partial charge in [-0.25, -0.2) is 0 Å². The normalized spacial score (nSPS) is 12.2. The maximum Gasteiger partial charge on any atom is 0.131 e. The Balaban J connectivity index is 2.61. The summed E-state index contributed by atoms with van der Waals surface area (Å²) < 4.78 is 4.84.